The minimum atomic E-state index is -3.88. The summed E-state index contributed by atoms with van der Waals surface area (Å²) in [5, 5.41) is 6.85. The van der Waals surface area contributed by atoms with E-state index in [9.17, 15) is 17.2 Å². The van der Waals surface area contributed by atoms with Crippen molar-refractivity contribution in [3.05, 3.63) is 53.7 Å². The highest BCUT2D eigenvalue weighted by Gasteiger charge is 2.19. The summed E-state index contributed by atoms with van der Waals surface area (Å²) in [7, 11) is -3.88. The topological polar surface area (TPSA) is 74.8 Å². The Kier molecular flexibility index (Phi) is 3.90. The summed E-state index contributed by atoms with van der Waals surface area (Å²) in [6, 6.07) is 7.68. The zero-order chi connectivity index (χ0) is 16.6. The highest BCUT2D eigenvalue weighted by Crippen LogP contribution is 2.31. The van der Waals surface area contributed by atoms with Crippen molar-refractivity contribution in [1.82, 2.24) is 10.2 Å². The van der Waals surface area contributed by atoms with Crippen molar-refractivity contribution in [3.63, 3.8) is 0 Å². The van der Waals surface area contributed by atoms with Gasteiger partial charge in [-0.25, -0.2) is 17.2 Å². The van der Waals surface area contributed by atoms with Crippen LogP contribution in [-0.2, 0) is 10.0 Å². The van der Waals surface area contributed by atoms with Crippen molar-refractivity contribution in [3.8, 4) is 10.6 Å². The van der Waals surface area contributed by atoms with Crippen LogP contribution in [0.1, 0.15) is 5.69 Å². The second-order valence-electron chi connectivity index (χ2n) is 4.79. The quantitative estimate of drug-likeness (QED) is 0.752. The van der Waals surface area contributed by atoms with Crippen molar-refractivity contribution >= 4 is 27.0 Å². The predicted octanol–water partition coefficient (Wildman–Crippen LogP) is 3.53. The molecule has 3 aromatic rings. The second kappa shape index (κ2) is 5.74. The number of sulfonamides is 1. The Morgan fingerprint density at radius 3 is 2.57 bits per heavy atom. The molecule has 0 saturated heterocycles. The van der Waals surface area contributed by atoms with E-state index in [-0.39, 0.29) is 9.90 Å². The fraction of sp³-hybridized carbons (Fsp3) is 0.0714. The third-order valence-corrected chi connectivity index (χ3v) is 5.96. The molecular formula is C14H11F2N3O2S2. The van der Waals surface area contributed by atoms with Crippen molar-refractivity contribution in [2.75, 3.05) is 4.72 Å². The summed E-state index contributed by atoms with van der Waals surface area (Å²) in [5.41, 5.74) is 1.45. The Morgan fingerprint density at radius 2 is 1.91 bits per heavy atom. The van der Waals surface area contributed by atoms with E-state index in [0.717, 1.165) is 35.2 Å². The van der Waals surface area contributed by atoms with E-state index in [1.54, 1.807) is 12.1 Å². The number of hydrogen-bond acceptors (Lipinski definition) is 4. The third-order valence-electron chi connectivity index (χ3n) is 2.98. The molecule has 120 valence electrons. The molecule has 5 nitrogen and oxygen atoms in total. The van der Waals surface area contributed by atoms with Crippen LogP contribution in [0, 0.1) is 18.6 Å². The summed E-state index contributed by atoms with van der Waals surface area (Å²) < 4.78 is 52.9. The van der Waals surface area contributed by atoms with Crippen LogP contribution >= 0.6 is 11.3 Å². The van der Waals surface area contributed by atoms with E-state index < -0.39 is 21.7 Å². The van der Waals surface area contributed by atoms with Gasteiger partial charge in [-0.15, -0.1) is 11.3 Å². The maximum atomic E-state index is 13.2. The Morgan fingerprint density at radius 1 is 1.13 bits per heavy atom. The van der Waals surface area contributed by atoms with Crippen molar-refractivity contribution in [1.29, 1.82) is 0 Å². The average Bonchev–Trinajstić information content (AvgIpc) is 3.11. The van der Waals surface area contributed by atoms with Gasteiger partial charge in [-0.1, -0.05) is 0 Å². The lowest BCUT2D eigenvalue weighted by Gasteiger charge is -2.06. The van der Waals surface area contributed by atoms with E-state index in [1.165, 1.54) is 6.07 Å². The Labute approximate surface area is 135 Å². The monoisotopic (exact) mass is 355 g/mol. The lowest BCUT2D eigenvalue weighted by atomic mass is 10.3. The number of aryl methyl sites for hydroxylation is 1. The largest absolute Gasteiger partial charge is 0.282 e. The highest BCUT2D eigenvalue weighted by molar-refractivity contribution is 7.94. The molecular weight excluding hydrogens is 344 g/mol. The summed E-state index contributed by atoms with van der Waals surface area (Å²) in [6.07, 6.45) is 0. The lowest BCUT2D eigenvalue weighted by molar-refractivity contribution is 0.509. The number of rotatable bonds is 4. The van der Waals surface area contributed by atoms with Crippen LogP contribution in [0.2, 0.25) is 0 Å². The van der Waals surface area contributed by atoms with Gasteiger partial charge in [0.2, 0.25) is 0 Å². The van der Waals surface area contributed by atoms with E-state index in [2.05, 4.69) is 14.9 Å². The first kappa shape index (κ1) is 15.6. The van der Waals surface area contributed by atoms with Crippen LogP contribution < -0.4 is 4.72 Å². The van der Waals surface area contributed by atoms with Crippen molar-refractivity contribution in [2.45, 2.75) is 11.1 Å². The molecule has 0 spiro atoms. The molecule has 0 saturated carbocycles. The fourth-order valence-corrected chi connectivity index (χ4v) is 4.23. The molecule has 0 fully saturated rings. The van der Waals surface area contributed by atoms with Gasteiger partial charge in [0, 0.05) is 11.8 Å². The first-order chi connectivity index (χ1) is 10.8. The van der Waals surface area contributed by atoms with Crippen LogP contribution in [0.25, 0.3) is 10.6 Å². The van der Waals surface area contributed by atoms with Gasteiger partial charge in [0.15, 0.2) is 11.6 Å². The standard InChI is InChI=1S/C14H11F2N3O2S2/c1-8-6-12(18-17-8)13-4-5-14(22-13)23(20,21)19-9-2-3-10(15)11(16)7-9/h2-7,19H,1H3,(H,17,18). The number of nitrogens with one attached hydrogen (secondary N) is 2. The summed E-state index contributed by atoms with van der Waals surface area (Å²) in [4.78, 5) is 0.681. The molecule has 0 aliphatic carbocycles. The third kappa shape index (κ3) is 3.25. The molecule has 2 heterocycles. The first-order valence-corrected chi connectivity index (χ1v) is 8.75. The van der Waals surface area contributed by atoms with Crippen LogP contribution in [0.15, 0.2) is 40.6 Å². The van der Waals surface area contributed by atoms with Gasteiger partial charge in [0.25, 0.3) is 10.0 Å². The number of benzene rings is 1. The molecule has 0 aliphatic rings. The van der Waals surface area contributed by atoms with Crippen molar-refractivity contribution < 1.29 is 17.2 Å². The van der Waals surface area contributed by atoms with Gasteiger partial charge in [-0.3, -0.25) is 9.82 Å². The summed E-state index contributed by atoms with van der Waals surface area (Å²) >= 11 is 1.03. The molecule has 9 heteroatoms. The van der Waals surface area contributed by atoms with Crippen LogP contribution in [-0.4, -0.2) is 18.6 Å². The minimum absolute atomic E-state index is 0.0468. The van der Waals surface area contributed by atoms with Gasteiger partial charge in [0.1, 0.15) is 9.90 Å². The Bertz CT molecular complexity index is 964. The number of aromatic nitrogens is 2. The lowest BCUT2D eigenvalue weighted by Crippen LogP contribution is -2.11. The average molecular weight is 355 g/mol. The molecule has 0 atom stereocenters. The molecule has 1 aromatic carbocycles. The summed E-state index contributed by atoms with van der Waals surface area (Å²) in [6.45, 7) is 1.84. The van der Waals surface area contributed by atoms with E-state index in [4.69, 9.17) is 0 Å². The van der Waals surface area contributed by atoms with Gasteiger partial charge >= 0.3 is 0 Å². The smallest absolute Gasteiger partial charge is 0.271 e. The molecule has 3 rings (SSSR count). The SMILES string of the molecule is Cc1cc(-c2ccc(S(=O)(=O)Nc3ccc(F)c(F)c3)s2)n[nH]1. The number of hydrogen-bond donors (Lipinski definition) is 2. The maximum Gasteiger partial charge on any atom is 0.271 e. The number of anilines is 1. The molecule has 2 N–H and O–H groups in total. The Balaban J connectivity index is 1.88. The van der Waals surface area contributed by atoms with E-state index in [1.807, 2.05) is 6.92 Å². The molecule has 0 unspecified atom stereocenters. The van der Waals surface area contributed by atoms with Crippen molar-refractivity contribution in [2.24, 2.45) is 0 Å². The zero-order valence-corrected chi connectivity index (χ0v) is 13.4. The first-order valence-electron chi connectivity index (χ1n) is 6.45. The van der Waals surface area contributed by atoms with Crippen LogP contribution in [0.4, 0.5) is 14.5 Å². The molecule has 23 heavy (non-hydrogen) atoms. The fourth-order valence-electron chi connectivity index (χ4n) is 1.91. The van der Waals surface area contributed by atoms with Crippen LogP contribution in [0.3, 0.4) is 0 Å². The highest BCUT2D eigenvalue weighted by atomic mass is 32.2. The zero-order valence-electron chi connectivity index (χ0n) is 11.8. The number of halogens is 2. The predicted molar refractivity (Wildman–Crippen MR) is 83.8 cm³/mol. The number of nitrogens with zero attached hydrogens (tertiary/aromatic N) is 1. The van der Waals surface area contributed by atoms with Crippen LogP contribution in [0.5, 0.6) is 0 Å². The Hall–Kier alpha value is -2.26. The molecule has 0 amide bonds. The maximum absolute atomic E-state index is 13.2. The molecule has 0 bridgehead atoms. The van der Waals surface area contributed by atoms with E-state index >= 15 is 0 Å². The van der Waals surface area contributed by atoms with Gasteiger partial charge < -0.3 is 0 Å². The second-order valence-corrected chi connectivity index (χ2v) is 7.78. The molecule has 0 aliphatic heterocycles. The van der Waals surface area contributed by atoms with Gasteiger partial charge in [-0.2, -0.15) is 5.10 Å². The van der Waals surface area contributed by atoms with Gasteiger partial charge in [0.05, 0.1) is 10.6 Å². The number of thiophene rings is 1. The number of H-pyrrole nitrogens is 1. The van der Waals surface area contributed by atoms with Gasteiger partial charge in [-0.05, 0) is 37.3 Å². The minimum Gasteiger partial charge on any atom is -0.282 e. The molecule has 2 aromatic heterocycles. The summed E-state index contributed by atoms with van der Waals surface area (Å²) in [5.74, 6) is -2.16. The molecule has 0 radical (unpaired) electrons. The van der Waals surface area contributed by atoms with E-state index in [0.29, 0.717) is 10.6 Å². The number of aromatic amines is 1. The normalized spacial score (nSPS) is 11.6.